The van der Waals surface area contributed by atoms with Gasteiger partial charge in [0.05, 0.1) is 17.5 Å². The third-order valence-electron chi connectivity index (χ3n) is 6.44. The third kappa shape index (κ3) is 3.04. The Morgan fingerprint density at radius 2 is 2.07 bits per heavy atom. The van der Waals surface area contributed by atoms with E-state index in [0.29, 0.717) is 25.5 Å². The number of aromatic nitrogens is 3. The van der Waals surface area contributed by atoms with Crippen LogP contribution in [-0.4, -0.2) is 51.8 Å². The van der Waals surface area contributed by atoms with Gasteiger partial charge in [-0.05, 0) is 37.3 Å². The number of H-pyrrole nitrogens is 1. The lowest BCUT2D eigenvalue weighted by Crippen LogP contribution is -2.47. The van der Waals surface area contributed by atoms with E-state index in [2.05, 4.69) is 37.3 Å². The standard InChI is InChI=1S/C22H24FN5O/c23-14-7-8-28(10-14)18-11-29-19-4-2-1-3-15(19)20(18)27-22-16-9-17(13-5-6-13)26-21(16)24-12-25-22/h1-4,9,12-14,18,20H,5-8,10-11H2,(H2,24,25,26,27)/t14-,18+,20+/m1/s1. The van der Waals surface area contributed by atoms with Gasteiger partial charge in [0, 0.05) is 24.3 Å². The number of rotatable bonds is 4. The van der Waals surface area contributed by atoms with Crippen molar-refractivity contribution in [2.24, 2.45) is 0 Å². The quantitative estimate of drug-likeness (QED) is 0.706. The summed E-state index contributed by atoms with van der Waals surface area (Å²) in [6.45, 7) is 1.75. The van der Waals surface area contributed by atoms with E-state index in [1.807, 2.05) is 18.2 Å². The number of para-hydroxylation sites is 1. The first-order valence-electron chi connectivity index (χ1n) is 10.5. The zero-order valence-corrected chi connectivity index (χ0v) is 16.1. The van der Waals surface area contributed by atoms with Crippen LogP contribution in [0.15, 0.2) is 36.7 Å². The molecule has 6 rings (SSSR count). The van der Waals surface area contributed by atoms with Gasteiger partial charge >= 0.3 is 0 Å². The molecule has 2 aliphatic heterocycles. The highest BCUT2D eigenvalue weighted by Gasteiger charge is 2.38. The fourth-order valence-corrected chi connectivity index (χ4v) is 4.72. The van der Waals surface area contributed by atoms with E-state index in [-0.39, 0.29) is 12.1 Å². The van der Waals surface area contributed by atoms with Gasteiger partial charge in [-0.3, -0.25) is 4.90 Å². The van der Waals surface area contributed by atoms with Crippen LogP contribution < -0.4 is 10.1 Å². The Balaban J connectivity index is 1.39. The van der Waals surface area contributed by atoms with Gasteiger partial charge in [0.15, 0.2) is 0 Å². The summed E-state index contributed by atoms with van der Waals surface area (Å²) >= 11 is 0. The summed E-state index contributed by atoms with van der Waals surface area (Å²) in [4.78, 5) is 14.7. The highest BCUT2D eigenvalue weighted by atomic mass is 19.1. The Bertz CT molecular complexity index is 1050. The predicted octanol–water partition coefficient (Wildman–Crippen LogP) is 3.79. The minimum atomic E-state index is -0.760. The average molecular weight is 393 g/mol. The highest BCUT2D eigenvalue weighted by molar-refractivity contribution is 5.88. The lowest BCUT2D eigenvalue weighted by Gasteiger charge is -2.39. The second-order valence-corrected chi connectivity index (χ2v) is 8.40. The number of hydrogen-bond donors (Lipinski definition) is 2. The van der Waals surface area contributed by atoms with Crippen LogP contribution in [0.1, 0.15) is 42.5 Å². The van der Waals surface area contributed by atoms with E-state index in [0.717, 1.165) is 34.7 Å². The molecule has 3 aromatic rings. The monoisotopic (exact) mass is 393 g/mol. The summed E-state index contributed by atoms with van der Waals surface area (Å²) in [6, 6.07) is 10.3. The smallest absolute Gasteiger partial charge is 0.143 e. The molecule has 2 aromatic heterocycles. The van der Waals surface area contributed by atoms with Gasteiger partial charge in [-0.15, -0.1) is 0 Å². The van der Waals surface area contributed by atoms with Crippen molar-refractivity contribution in [2.75, 3.05) is 25.0 Å². The number of nitrogens with one attached hydrogen (secondary N) is 2. The normalized spacial score (nSPS) is 27.0. The maximum atomic E-state index is 13.9. The number of fused-ring (bicyclic) bond motifs is 2. The molecule has 0 spiro atoms. The van der Waals surface area contributed by atoms with Crippen molar-refractivity contribution in [1.82, 2.24) is 19.9 Å². The lowest BCUT2D eigenvalue weighted by molar-refractivity contribution is 0.118. The zero-order valence-electron chi connectivity index (χ0n) is 16.1. The van der Waals surface area contributed by atoms with Crippen LogP contribution in [0, 0.1) is 0 Å². The van der Waals surface area contributed by atoms with Gasteiger partial charge < -0.3 is 15.0 Å². The lowest BCUT2D eigenvalue weighted by atomic mass is 9.95. The van der Waals surface area contributed by atoms with Crippen LogP contribution in [-0.2, 0) is 0 Å². The van der Waals surface area contributed by atoms with Crippen molar-refractivity contribution in [3.8, 4) is 5.75 Å². The maximum Gasteiger partial charge on any atom is 0.143 e. The van der Waals surface area contributed by atoms with Gasteiger partial charge in [-0.25, -0.2) is 14.4 Å². The number of ether oxygens (including phenoxy) is 1. The van der Waals surface area contributed by atoms with Crippen molar-refractivity contribution < 1.29 is 9.13 Å². The van der Waals surface area contributed by atoms with Gasteiger partial charge in [0.25, 0.3) is 0 Å². The summed E-state index contributed by atoms with van der Waals surface area (Å²) in [5.41, 5.74) is 3.20. The molecule has 29 heavy (non-hydrogen) atoms. The second kappa shape index (κ2) is 6.69. The third-order valence-corrected chi connectivity index (χ3v) is 6.44. The summed E-state index contributed by atoms with van der Waals surface area (Å²) in [6.07, 6.45) is 3.90. The molecule has 1 saturated carbocycles. The maximum absolute atomic E-state index is 13.9. The van der Waals surface area contributed by atoms with E-state index >= 15 is 0 Å². The molecule has 0 amide bonds. The molecular weight excluding hydrogens is 369 g/mol. The van der Waals surface area contributed by atoms with Crippen molar-refractivity contribution in [1.29, 1.82) is 0 Å². The van der Waals surface area contributed by atoms with Crippen molar-refractivity contribution in [3.05, 3.63) is 47.9 Å². The molecule has 4 heterocycles. The summed E-state index contributed by atoms with van der Waals surface area (Å²) in [5.74, 6) is 2.33. The zero-order chi connectivity index (χ0) is 19.4. The molecule has 1 aromatic carbocycles. The van der Waals surface area contributed by atoms with Gasteiger partial charge in [0.2, 0.25) is 0 Å². The topological polar surface area (TPSA) is 66.1 Å². The number of aromatic amines is 1. The first kappa shape index (κ1) is 17.2. The van der Waals surface area contributed by atoms with Crippen molar-refractivity contribution in [3.63, 3.8) is 0 Å². The molecule has 6 nitrogen and oxygen atoms in total. The minimum Gasteiger partial charge on any atom is -0.491 e. The molecule has 2 N–H and O–H groups in total. The average Bonchev–Trinajstić information content (AvgIpc) is 3.35. The molecule has 0 bridgehead atoms. The molecule has 3 atom stereocenters. The molecule has 0 unspecified atom stereocenters. The Hall–Kier alpha value is -2.67. The van der Waals surface area contributed by atoms with E-state index in [9.17, 15) is 4.39 Å². The van der Waals surface area contributed by atoms with Crippen LogP contribution in [0.3, 0.4) is 0 Å². The molecule has 3 aliphatic rings. The summed E-state index contributed by atoms with van der Waals surface area (Å²) < 4.78 is 20.0. The SMILES string of the molecule is F[C@@H]1CCN([C@H]2COc3ccccc3[C@@H]2Nc2ncnc3[nH]c(C4CC4)cc23)C1. The number of likely N-dealkylation sites (tertiary alicyclic amines) is 1. The van der Waals surface area contributed by atoms with Crippen LogP contribution >= 0.6 is 0 Å². The number of anilines is 1. The first-order valence-corrected chi connectivity index (χ1v) is 10.5. The Morgan fingerprint density at radius 3 is 2.90 bits per heavy atom. The molecule has 2 fully saturated rings. The molecule has 0 radical (unpaired) electrons. The van der Waals surface area contributed by atoms with E-state index in [4.69, 9.17) is 4.74 Å². The molecule has 1 saturated heterocycles. The van der Waals surface area contributed by atoms with Crippen LogP contribution in [0.2, 0.25) is 0 Å². The Kier molecular flexibility index (Phi) is 3.97. The van der Waals surface area contributed by atoms with E-state index in [1.165, 1.54) is 18.5 Å². The minimum absolute atomic E-state index is 0.0253. The number of hydrogen-bond acceptors (Lipinski definition) is 5. The summed E-state index contributed by atoms with van der Waals surface area (Å²) in [5, 5.41) is 4.69. The van der Waals surface area contributed by atoms with Crippen molar-refractivity contribution in [2.45, 2.75) is 43.4 Å². The number of alkyl halides is 1. The largest absolute Gasteiger partial charge is 0.491 e. The number of nitrogens with zero attached hydrogens (tertiary/aromatic N) is 3. The summed E-state index contributed by atoms with van der Waals surface area (Å²) in [7, 11) is 0. The second-order valence-electron chi connectivity index (χ2n) is 8.40. The van der Waals surface area contributed by atoms with Gasteiger partial charge in [0.1, 0.15) is 36.3 Å². The Morgan fingerprint density at radius 1 is 1.17 bits per heavy atom. The van der Waals surface area contributed by atoms with Crippen LogP contribution in [0.4, 0.5) is 10.2 Å². The fourth-order valence-electron chi connectivity index (χ4n) is 4.72. The van der Waals surface area contributed by atoms with E-state index in [1.54, 1.807) is 6.33 Å². The van der Waals surface area contributed by atoms with Gasteiger partial charge in [-0.2, -0.15) is 0 Å². The molecule has 1 aliphatic carbocycles. The number of halogens is 1. The van der Waals surface area contributed by atoms with E-state index < -0.39 is 6.17 Å². The number of benzene rings is 1. The Labute approximate surface area is 168 Å². The molecular formula is C22H24FN5O. The highest BCUT2D eigenvalue weighted by Crippen LogP contribution is 2.42. The molecule has 150 valence electrons. The van der Waals surface area contributed by atoms with Crippen LogP contribution in [0.5, 0.6) is 5.75 Å². The van der Waals surface area contributed by atoms with Crippen molar-refractivity contribution >= 4 is 16.9 Å². The first-order chi connectivity index (χ1) is 14.3. The van der Waals surface area contributed by atoms with Gasteiger partial charge in [-0.1, -0.05) is 18.2 Å². The fraction of sp³-hybridized carbons (Fsp3) is 0.455. The molecule has 7 heteroatoms. The van der Waals surface area contributed by atoms with Crippen LogP contribution in [0.25, 0.3) is 11.0 Å². The predicted molar refractivity (Wildman–Crippen MR) is 109 cm³/mol.